The topological polar surface area (TPSA) is 26.3 Å². The largest absolute Gasteiger partial charge is 0.478 e. The van der Waals surface area contributed by atoms with Crippen LogP contribution in [-0.4, -0.2) is 5.78 Å². The lowest BCUT2D eigenvalue weighted by Gasteiger charge is -2.21. The molecular formula is C18H16ClF3O2. The number of rotatable bonds is 5. The molecule has 0 aliphatic rings. The van der Waals surface area contributed by atoms with Crippen LogP contribution in [0.4, 0.5) is 13.2 Å². The second kappa shape index (κ2) is 7.26. The van der Waals surface area contributed by atoms with Crippen molar-refractivity contribution in [1.29, 1.82) is 0 Å². The Morgan fingerprint density at radius 2 is 1.71 bits per heavy atom. The summed E-state index contributed by atoms with van der Waals surface area (Å²) in [5.74, 6) is -0.579. The average molecular weight is 357 g/mol. The highest BCUT2D eigenvalue weighted by Gasteiger charge is 2.31. The van der Waals surface area contributed by atoms with Gasteiger partial charge in [-0.05, 0) is 35.9 Å². The Morgan fingerprint density at radius 3 is 2.25 bits per heavy atom. The van der Waals surface area contributed by atoms with E-state index in [1.807, 2.05) is 0 Å². The second-order valence-corrected chi connectivity index (χ2v) is 6.07. The van der Waals surface area contributed by atoms with Gasteiger partial charge >= 0.3 is 6.18 Å². The summed E-state index contributed by atoms with van der Waals surface area (Å²) in [6.07, 6.45) is -5.47. The molecule has 0 radical (unpaired) electrons. The van der Waals surface area contributed by atoms with Crippen molar-refractivity contribution in [2.24, 2.45) is 5.92 Å². The van der Waals surface area contributed by atoms with E-state index in [1.54, 1.807) is 38.1 Å². The van der Waals surface area contributed by atoms with Crippen molar-refractivity contribution in [1.82, 2.24) is 0 Å². The monoisotopic (exact) mass is 356 g/mol. The van der Waals surface area contributed by atoms with E-state index in [0.29, 0.717) is 10.6 Å². The maximum atomic E-state index is 12.8. The number of alkyl halides is 3. The third-order valence-corrected chi connectivity index (χ3v) is 3.67. The van der Waals surface area contributed by atoms with Crippen molar-refractivity contribution in [2.75, 3.05) is 0 Å². The molecule has 0 saturated carbocycles. The normalized spacial score (nSPS) is 13.0. The van der Waals surface area contributed by atoms with Crippen LogP contribution >= 0.6 is 11.6 Å². The predicted octanol–water partition coefficient (Wildman–Crippen LogP) is 5.70. The van der Waals surface area contributed by atoms with Gasteiger partial charge in [0.1, 0.15) is 5.75 Å². The zero-order valence-corrected chi connectivity index (χ0v) is 13.9. The third-order valence-electron chi connectivity index (χ3n) is 3.42. The van der Waals surface area contributed by atoms with Crippen LogP contribution in [0.2, 0.25) is 5.02 Å². The van der Waals surface area contributed by atoms with Crippen LogP contribution in [0.1, 0.15) is 31.1 Å². The summed E-state index contributed by atoms with van der Waals surface area (Å²) in [6, 6.07) is 10.9. The van der Waals surface area contributed by atoms with Crippen molar-refractivity contribution < 1.29 is 22.7 Å². The molecule has 2 nitrogen and oxygen atoms in total. The van der Waals surface area contributed by atoms with Crippen molar-refractivity contribution in [3.63, 3.8) is 0 Å². The number of Topliss-reactive ketones (excluding diaryl/α,β-unsaturated/α-hetero) is 1. The van der Waals surface area contributed by atoms with Crippen LogP contribution in [0.3, 0.4) is 0 Å². The van der Waals surface area contributed by atoms with Crippen LogP contribution in [0.25, 0.3) is 0 Å². The minimum atomic E-state index is -4.48. The Bertz CT molecular complexity index is 709. The summed E-state index contributed by atoms with van der Waals surface area (Å²) in [4.78, 5) is 12.4. The fourth-order valence-corrected chi connectivity index (χ4v) is 2.24. The van der Waals surface area contributed by atoms with Crippen LogP contribution < -0.4 is 4.74 Å². The zero-order valence-electron chi connectivity index (χ0n) is 13.1. The molecular weight excluding hydrogens is 341 g/mol. The lowest BCUT2D eigenvalue weighted by atomic mass is 9.97. The van der Waals surface area contributed by atoms with Gasteiger partial charge in [-0.1, -0.05) is 43.6 Å². The molecule has 0 heterocycles. The quantitative estimate of drug-likeness (QED) is 0.686. The van der Waals surface area contributed by atoms with Crippen LogP contribution in [0.15, 0.2) is 48.5 Å². The van der Waals surface area contributed by atoms with E-state index >= 15 is 0 Å². The van der Waals surface area contributed by atoms with Crippen molar-refractivity contribution in [3.8, 4) is 5.75 Å². The SMILES string of the molecule is CC(C)C(=O)[C@@H](Oc1cccc(C(F)(F)F)c1)c1ccc(Cl)cc1. The highest BCUT2D eigenvalue weighted by atomic mass is 35.5. The molecule has 0 bridgehead atoms. The Balaban J connectivity index is 2.35. The lowest BCUT2D eigenvalue weighted by Crippen LogP contribution is -2.23. The Hall–Kier alpha value is -2.01. The first-order valence-electron chi connectivity index (χ1n) is 7.31. The number of ketones is 1. The number of carbonyl (C=O) groups is 1. The molecule has 0 saturated heterocycles. The van der Waals surface area contributed by atoms with E-state index in [4.69, 9.17) is 16.3 Å². The average Bonchev–Trinajstić information content (AvgIpc) is 2.52. The van der Waals surface area contributed by atoms with Gasteiger partial charge in [0.25, 0.3) is 0 Å². The molecule has 2 rings (SSSR count). The van der Waals surface area contributed by atoms with Gasteiger partial charge in [-0.3, -0.25) is 4.79 Å². The van der Waals surface area contributed by atoms with Crippen LogP contribution in [-0.2, 0) is 11.0 Å². The van der Waals surface area contributed by atoms with Crippen molar-refractivity contribution in [3.05, 3.63) is 64.7 Å². The van der Waals surface area contributed by atoms with Crippen molar-refractivity contribution in [2.45, 2.75) is 26.1 Å². The van der Waals surface area contributed by atoms with Gasteiger partial charge in [-0.25, -0.2) is 0 Å². The molecule has 0 N–H and O–H groups in total. The van der Waals surface area contributed by atoms with Gasteiger partial charge in [0.2, 0.25) is 0 Å². The molecule has 1 atom stereocenters. The minimum Gasteiger partial charge on any atom is -0.478 e. The first-order chi connectivity index (χ1) is 11.2. The number of halogens is 4. The van der Waals surface area contributed by atoms with Gasteiger partial charge in [0, 0.05) is 10.9 Å². The molecule has 0 amide bonds. The summed E-state index contributed by atoms with van der Waals surface area (Å²) in [6.45, 7) is 3.42. The molecule has 24 heavy (non-hydrogen) atoms. The Labute approximate surface area is 143 Å². The van der Waals surface area contributed by atoms with E-state index < -0.39 is 17.8 Å². The maximum absolute atomic E-state index is 12.8. The van der Waals surface area contributed by atoms with Gasteiger partial charge < -0.3 is 4.74 Å². The van der Waals surface area contributed by atoms with Crippen molar-refractivity contribution >= 4 is 17.4 Å². The summed E-state index contributed by atoms with van der Waals surface area (Å²) in [5, 5.41) is 0.494. The molecule has 0 unspecified atom stereocenters. The molecule has 6 heteroatoms. The lowest BCUT2D eigenvalue weighted by molar-refractivity contribution is -0.137. The van der Waals surface area contributed by atoms with E-state index in [9.17, 15) is 18.0 Å². The zero-order chi connectivity index (χ0) is 17.9. The van der Waals surface area contributed by atoms with Gasteiger partial charge in [0.15, 0.2) is 11.9 Å². The number of benzene rings is 2. The number of ether oxygens (including phenoxy) is 1. The van der Waals surface area contributed by atoms with Crippen LogP contribution in [0.5, 0.6) is 5.75 Å². The molecule has 0 aromatic heterocycles. The maximum Gasteiger partial charge on any atom is 0.416 e. The smallest absolute Gasteiger partial charge is 0.416 e. The fraction of sp³-hybridized carbons (Fsp3) is 0.278. The van der Waals surface area contributed by atoms with Gasteiger partial charge in [0.05, 0.1) is 5.56 Å². The van der Waals surface area contributed by atoms with E-state index in [0.717, 1.165) is 12.1 Å². The number of carbonyl (C=O) groups excluding carboxylic acids is 1. The summed E-state index contributed by atoms with van der Waals surface area (Å²) in [7, 11) is 0. The summed E-state index contributed by atoms with van der Waals surface area (Å²) < 4.78 is 44.1. The Kier molecular flexibility index (Phi) is 5.54. The second-order valence-electron chi connectivity index (χ2n) is 5.63. The molecule has 0 aliphatic heterocycles. The first kappa shape index (κ1) is 18.3. The summed E-state index contributed by atoms with van der Waals surface area (Å²) >= 11 is 5.84. The van der Waals surface area contributed by atoms with E-state index in [1.165, 1.54) is 12.1 Å². The number of hydrogen-bond donors (Lipinski definition) is 0. The third kappa shape index (κ3) is 4.51. The summed E-state index contributed by atoms with van der Waals surface area (Å²) in [5.41, 5.74) is -0.289. The van der Waals surface area contributed by atoms with Crippen LogP contribution in [0, 0.1) is 5.92 Å². The first-order valence-corrected chi connectivity index (χ1v) is 7.69. The van der Waals surface area contributed by atoms with Gasteiger partial charge in [-0.2, -0.15) is 13.2 Å². The minimum absolute atomic E-state index is 0.0150. The molecule has 0 fully saturated rings. The molecule has 2 aromatic carbocycles. The van der Waals surface area contributed by atoms with Gasteiger partial charge in [-0.15, -0.1) is 0 Å². The Morgan fingerprint density at radius 1 is 1.08 bits per heavy atom. The molecule has 2 aromatic rings. The predicted molar refractivity (Wildman–Crippen MR) is 86.1 cm³/mol. The number of hydrogen-bond acceptors (Lipinski definition) is 2. The highest BCUT2D eigenvalue weighted by Crippen LogP contribution is 2.33. The molecule has 128 valence electrons. The fourth-order valence-electron chi connectivity index (χ4n) is 2.11. The molecule has 0 aliphatic carbocycles. The molecule has 0 spiro atoms. The van der Waals surface area contributed by atoms with E-state index in [2.05, 4.69) is 0 Å². The highest BCUT2D eigenvalue weighted by molar-refractivity contribution is 6.30. The standard InChI is InChI=1S/C18H16ClF3O2/c1-11(2)16(23)17(12-6-8-14(19)9-7-12)24-15-5-3-4-13(10-15)18(20,21)22/h3-11,17H,1-2H3/t17-/m0/s1. The van der Waals surface area contributed by atoms with E-state index in [-0.39, 0.29) is 17.5 Å².